The lowest BCUT2D eigenvalue weighted by molar-refractivity contribution is -0.137. The Hall–Kier alpha value is -2.34. The van der Waals surface area contributed by atoms with Crippen LogP contribution in [-0.2, 0) is 11.3 Å². The van der Waals surface area contributed by atoms with Gasteiger partial charge in [0.2, 0.25) is 0 Å². The number of pyridine rings is 1. The quantitative estimate of drug-likeness (QED) is 0.778. The van der Waals surface area contributed by atoms with Gasteiger partial charge in [0.05, 0.1) is 18.4 Å². The number of furan rings is 1. The number of aryl methyl sites for hydroxylation is 1. The Balaban J connectivity index is 1.68. The van der Waals surface area contributed by atoms with Gasteiger partial charge in [-0.15, -0.1) is 0 Å². The predicted octanol–water partition coefficient (Wildman–Crippen LogP) is 2.87. The molecule has 0 bridgehead atoms. The summed E-state index contributed by atoms with van der Waals surface area (Å²) >= 11 is 0. The maximum Gasteiger partial charge on any atom is 0.313 e. The first-order valence-corrected chi connectivity index (χ1v) is 8.70. The normalized spacial score (nSPS) is 15.6. The number of nitrogens with zero attached hydrogens (tertiary/aromatic N) is 3. The summed E-state index contributed by atoms with van der Waals surface area (Å²) in [6.07, 6.45) is 5.27. The first kappa shape index (κ1) is 17.5. The highest BCUT2D eigenvalue weighted by Crippen LogP contribution is 2.31. The summed E-state index contributed by atoms with van der Waals surface area (Å²) in [5, 5.41) is 0. The van der Waals surface area contributed by atoms with E-state index in [1.54, 1.807) is 18.7 Å². The van der Waals surface area contributed by atoms with E-state index in [1.807, 2.05) is 32.9 Å². The van der Waals surface area contributed by atoms with Gasteiger partial charge >= 0.3 is 5.97 Å². The lowest BCUT2D eigenvalue weighted by Crippen LogP contribution is -2.46. The number of carbonyl (C=O) groups excluding carboxylic acids is 1. The van der Waals surface area contributed by atoms with Gasteiger partial charge in [-0.2, -0.15) is 0 Å². The molecule has 3 rings (SSSR count). The predicted molar refractivity (Wildman–Crippen MR) is 95.6 cm³/mol. The number of aromatic nitrogens is 1. The van der Waals surface area contributed by atoms with E-state index in [0.717, 1.165) is 44.1 Å². The van der Waals surface area contributed by atoms with Gasteiger partial charge in [0.15, 0.2) is 11.6 Å². The molecule has 3 heterocycles. The van der Waals surface area contributed by atoms with Crippen LogP contribution in [0.25, 0.3) is 0 Å². The molecule has 1 aliphatic rings. The molecule has 0 saturated carbocycles. The van der Waals surface area contributed by atoms with Gasteiger partial charge in [-0.1, -0.05) is 13.8 Å². The van der Waals surface area contributed by atoms with Crippen molar-refractivity contribution in [2.45, 2.75) is 27.3 Å². The van der Waals surface area contributed by atoms with Gasteiger partial charge in [-0.3, -0.25) is 9.69 Å². The van der Waals surface area contributed by atoms with Crippen LogP contribution < -0.4 is 9.64 Å². The topological polar surface area (TPSA) is 58.8 Å². The highest BCUT2D eigenvalue weighted by Gasteiger charge is 2.24. The molecule has 0 unspecified atom stereocenters. The van der Waals surface area contributed by atoms with Gasteiger partial charge in [0.25, 0.3) is 0 Å². The van der Waals surface area contributed by atoms with Crippen molar-refractivity contribution in [3.63, 3.8) is 0 Å². The molecule has 6 nitrogen and oxygen atoms in total. The fraction of sp³-hybridized carbons (Fsp3) is 0.474. The zero-order valence-corrected chi connectivity index (χ0v) is 15.1. The van der Waals surface area contributed by atoms with Gasteiger partial charge in [-0.05, 0) is 24.6 Å². The summed E-state index contributed by atoms with van der Waals surface area (Å²) in [5.74, 6) is 0.955. The second-order valence-corrected chi connectivity index (χ2v) is 6.75. The molecule has 1 fully saturated rings. The van der Waals surface area contributed by atoms with E-state index in [2.05, 4.69) is 14.8 Å². The molecule has 25 heavy (non-hydrogen) atoms. The molecule has 0 amide bonds. The van der Waals surface area contributed by atoms with Gasteiger partial charge in [0.1, 0.15) is 0 Å². The number of ether oxygens (including phenoxy) is 1. The molecular weight excluding hydrogens is 318 g/mol. The fourth-order valence-electron chi connectivity index (χ4n) is 2.86. The van der Waals surface area contributed by atoms with Gasteiger partial charge in [0, 0.05) is 44.5 Å². The number of hydrogen-bond donors (Lipinski definition) is 0. The second kappa shape index (κ2) is 7.70. The molecular formula is C19H25N3O3. The van der Waals surface area contributed by atoms with Crippen LogP contribution in [0.5, 0.6) is 5.75 Å². The third-order valence-corrected chi connectivity index (χ3v) is 4.41. The minimum atomic E-state index is -0.226. The third-order valence-electron chi connectivity index (χ3n) is 4.41. The lowest BCUT2D eigenvalue weighted by Gasteiger charge is -2.35. The van der Waals surface area contributed by atoms with Crippen molar-refractivity contribution in [3.05, 3.63) is 42.0 Å². The number of carbonyl (C=O) groups is 1. The molecule has 1 aliphatic heterocycles. The van der Waals surface area contributed by atoms with Crippen molar-refractivity contribution in [1.29, 1.82) is 0 Å². The van der Waals surface area contributed by atoms with Crippen LogP contribution in [0.4, 0.5) is 5.82 Å². The van der Waals surface area contributed by atoms with E-state index < -0.39 is 0 Å². The maximum atomic E-state index is 12.0. The van der Waals surface area contributed by atoms with Crippen LogP contribution in [-0.4, -0.2) is 42.0 Å². The van der Waals surface area contributed by atoms with Crippen LogP contribution in [0.2, 0.25) is 0 Å². The summed E-state index contributed by atoms with van der Waals surface area (Å²) in [5.41, 5.74) is 2.12. The molecule has 1 saturated heterocycles. The van der Waals surface area contributed by atoms with E-state index >= 15 is 0 Å². The van der Waals surface area contributed by atoms with E-state index in [4.69, 9.17) is 9.15 Å². The molecule has 134 valence electrons. The molecule has 0 aromatic carbocycles. The molecule has 0 atom stereocenters. The Morgan fingerprint density at radius 2 is 2.04 bits per heavy atom. The molecule has 6 heteroatoms. The third kappa shape index (κ3) is 4.20. The minimum absolute atomic E-state index is 0.167. The number of hydrogen-bond acceptors (Lipinski definition) is 6. The standard InChI is InChI=1S/C19H25N3O3/c1-14(2)19(23)25-17-15(3)4-6-20-18(17)22-9-7-21(8-10-22)12-16-5-11-24-13-16/h4-6,11,13-14H,7-10,12H2,1-3H3. The van der Waals surface area contributed by atoms with Crippen molar-refractivity contribution < 1.29 is 13.9 Å². The van der Waals surface area contributed by atoms with Crippen molar-refractivity contribution in [1.82, 2.24) is 9.88 Å². The first-order valence-electron chi connectivity index (χ1n) is 8.70. The summed E-state index contributed by atoms with van der Waals surface area (Å²) in [4.78, 5) is 21.1. The lowest BCUT2D eigenvalue weighted by atomic mass is 10.2. The largest absolute Gasteiger partial charge is 0.472 e. The second-order valence-electron chi connectivity index (χ2n) is 6.75. The Labute approximate surface area is 148 Å². The molecule has 0 aliphatic carbocycles. The average Bonchev–Trinajstić information content (AvgIpc) is 3.10. The average molecular weight is 343 g/mol. The van der Waals surface area contributed by atoms with Crippen LogP contribution in [0, 0.1) is 12.8 Å². The molecule has 0 spiro atoms. The van der Waals surface area contributed by atoms with Crippen molar-refractivity contribution in [2.24, 2.45) is 5.92 Å². The molecule has 2 aromatic rings. The highest BCUT2D eigenvalue weighted by molar-refractivity contribution is 5.76. The van der Waals surface area contributed by atoms with Crippen LogP contribution >= 0.6 is 0 Å². The number of rotatable bonds is 5. The van der Waals surface area contributed by atoms with Crippen LogP contribution in [0.15, 0.2) is 35.3 Å². The molecule has 0 N–H and O–H groups in total. The number of piperazine rings is 1. The van der Waals surface area contributed by atoms with E-state index in [-0.39, 0.29) is 11.9 Å². The Morgan fingerprint density at radius 3 is 2.68 bits per heavy atom. The molecule has 2 aromatic heterocycles. The van der Waals surface area contributed by atoms with E-state index in [9.17, 15) is 4.79 Å². The monoisotopic (exact) mass is 343 g/mol. The SMILES string of the molecule is Cc1ccnc(N2CCN(Cc3ccoc3)CC2)c1OC(=O)C(C)C. The Bertz CT molecular complexity index is 705. The van der Waals surface area contributed by atoms with Gasteiger partial charge < -0.3 is 14.1 Å². The Kier molecular flexibility index (Phi) is 5.38. The smallest absolute Gasteiger partial charge is 0.313 e. The van der Waals surface area contributed by atoms with Crippen molar-refractivity contribution in [3.8, 4) is 5.75 Å². The van der Waals surface area contributed by atoms with Gasteiger partial charge in [-0.25, -0.2) is 4.98 Å². The zero-order valence-electron chi connectivity index (χ0n) is 15.1. The van der Waals surface area contributed by atoms with Crippen molar-refractivity contribution >= 4 is 11.8 Å². The summed E-state index contributed by atoms with van der Waals surface area (Å²) < 4.78 is 10.8. The van der Waals surface area contributed by atoms with Crippen LogP contribution in [0.1, 0.15) is 25.0 Å². The number of anilines is 1. The minimum Gasteiger partial charge on any atom is -0.472 e. The van der Waals surface area contributed by atoms with Crippen molar-refractivity contribution in [2.75, 3.05) is 31.1 Å². The number of esters is 1. The van der Waals surface area contributed by atoms with Crippen LogP contribution in [0.3, 0.4) is 0 Å². The first-order chi connectivity index (χ1) is 12.0. The summed E-state index contributed by atoms with van der Waals surface area (Å²) in [6, 6.07) is 3.87. The summed E-state index contributed by atoms with van der Waals surface area (Å²) in [6.45, 7) is 10.1. The summed E-state index contributed by atoms with van der Waals surface area (Å²) in [7, 11) is 0. The van der Waals surface area contributed by atoms with E-state index in [0.29, 0.717) is 5.75 Å². The maximum absolute atomic E-state index is 12.0. The molecule has 0 radical (unpaired) electrons. The zero-order chi connectivity index (χ0) is 17.8. The highest BCUT2D eigenvalue weighted by atomic mass is 16.5. The van der Waals surface area contributed by atoms with E-state index in [1.165, 1.54) is 5.56 Å². The fourth-order valence-corrected chi connectivity index (χ4v) is 2.86. The Morgan fingerprint density at radius 1 is 1.28 bits per heavy atom.